The number of anilines is 1. The molecule has 3 heterocycles. The summed E-state index contributed by atoms with van der Waals surface area (Å²) in [7, 11) is 0. The number of aryl methyl sites for hydroxylation is 1. The lowest BCUT2D eigenvalue weighted by Gasteiger charge is -2.38. The van der Waals surface area contributed by atoms with E-state index in [-0.39, 0.29) is 12.1 Å². The summed E-state index contributed by atoms with van der Waals surface area (Å²) in [6.45, 7) is 4.58. The van der Waals surface area contributed by atoms with E-state index in [1.807, 2.05) is 42.2 Å². The van der Waals surface area contributed by atoms with Gasteiger partial charge in [-0.3, -0.25) is 4.90 Å². The Morgan fingerprint density at radius 2 is 1.77 bits per heavy atom. The molecule has 8 nitrogen and oxygen atoms in total. The van der Waals surface area contributed by atoms with Crippen LogP contribution in [0.15, 0.2) is 73.1 Å². The van der Waals surface area contributed by atoms with Crippen molar-refractivity contribution in [3.05, 3.63) is 95.6 Å². The first kappa shape index (κ1) is 27.3. The first-order valence-corrected chi connectivity index (χ1v) is 13.1. The van der Waals surface area contributed by atoms with Crippen molar-refractivity contribution in [2.24, 2.45) is 0 Å². The summed E-state index contributed by atoms with van der Waals surface area (Å²) in [6, 6.07) is 16.5. The monoisotopic (exact) mass is 549 g/mol. The topological polar surface area (TPSA) is 90.0 Å². The molecular weight excluding hydrogens is 519 g/mol. The fraction of sp³-hybridized carbons (Fsp3) is 0.310. The number of imidazole rings is 1. The van der Waals surface area contributed by atoms with E-state index >= 15 is 0 Å². The molecule has 0 unspecified atom stereocenters. The van der Waals surface area contributed by atoms with Gasteiger partial charge in [0, 0.05) is 43.5 Å². The third kappa shape index (κ3) is 6.66. The van der Waals surface area contributed by atoms with Gasteiger partial charge in [0.05, 0.1) is 29.3 Å². The predicted octanol–water partition coefficient (Wildman–Crippen LogP) is 5.89. The number of amides is 2. The smallest absolute Gasteiger partial charge is 0.342 e. The molecule has 1 aliphatic rings. The maximum absolute atomic E-state index is 13.3. The summed E-state index contributed by atoms with van der Waals surface area (Å²) in [5.41, 5.74) is 3.30. The van der Waals surface area contributed by atoms with E-state index in [2.05, 4.69) is 30.4 Å². The summed E-state index contributed by atoms with van der Waals surface area (Å²) >= 11 is 0. The van der Waals surface area contributed by atoms with E-state index in [1.54, 1.807) is 6.07 Å². The van der Waals surface area contributed by atoms with Crippen molar-refractivity contribution in [1.82, 2.24) is 30.0 Å². The number of hydrogen-bond acceptors (Lipinski definition) is 5. The summed E-state index contributed by atoms with van der Waals surface area (Å²) in [4.78, 5) is 25.4. The third-order valence-corrected chi connectivity index (χ3v) is 7.13. The van der Waals surface area contributed by atoms with Crippen molar-refractivity contribution in [1.29, 1.82) is 0 Å². The molecule has 2 amide bonds. The lowest BCUT2D eigenvalue weighted by molar-refractivity contribution is -0.137. The van der Waals surface area contributed by atoms with E-state index in [4.69, 9.17) is 0 Å². The molecule has 2 N–H and O–H groups in total. The minimum absolute atomic E-state index is 0.0502. The van der Waals surface area contributed by atoms with Gasteiger partial charge in [-0.1, -0.05) is 42.5 Å². The molecule has 40 heavy (non-hydrogen) atoms. The Labute approximate surface area is 230 Å². The molecule has 0 aliphatic carbocycles. The molecule has 2 aromatic carbocycles. The van der Waals surface area contributed by atoms with Gasteiger partial charge < -0.3 is 15.2 Å². The summed E-state index contributed by atoms with van der Waals surface area (Å²) < 4.78 is 38.8. The number of carbonyl (C=O) groups is 1. The fourth-order valence-electron chi connectivity index (χ4n) is 4.91. The summed E-state index contributed by atoms with van der Waals surface area (Å²) in [5, 5.41) is 10.6. The number of alkyl halides is 3. The maximum atomic E-state index is 13.3. The molecule has 0 radical (unpaired) electrons. The van der Waals surface area contributed by atoms with Crippen LogP contribution in [0.2, 0.25) is 0 Å². The molecule has 208 valence electrons. The molecule has 1 saturated heterocycles. The van der Waals surface area contributed by atoms with Crippen molar-refractivity contribution >= 4 is 11.7 Å². The first-order valence-electron chi connectivity index (χ1n) is 13.1. The van der Waals surface area contributed by atoms with Gasteiger partial charge in [-0.05, 0) is 43.5 Å². The standard InChI is InChI=1S/C29H30F3N7O/c1-20-26(37-27(35-20)22-7-9-23(10-8-22)29(30,31)32)19-38-15-12-25(13-16-38)39(18-21-5-3-2-4-6-21)28(40)36-24-11-14-33-34-17-24/h2-11,14,17,25H,12-13,15-16,18-19H2,1H3,(H,35,37)(H,33,36,40). The van der Waals surface area contributed by atoms with Gasteiger partial charge in [0.25, 0.3) is 0 Å². The van der Waals surface area contributed by atoms with Gasteiger partial charge in [0.2, 0.25) is 0 Å². The van der Waals surface area contributed by atoms with Gasteiger partial charge in [-0.15, -0.1) is 0 Å². The molecular formula is C29H30F3N7O. The molecule has 1 fully saturated rings. The van der Waals surface area contributed by atoms with Crippen molar-refractivity contribution < 1.29 is 18.0 Å². The zero-order valence-corrected chi connectivity index (χ0v) is 22.0. The number of benzene rings is 2. The number of rotatable bonds is 7. The highest BCUT2D eigenvalue weighted by Gasteiger charge is 2.31. The van der Waals surface area contributed by atoms with Gasteiger partial charge >= 0.3 is 12.2 Å². The van der Waals surface area contributed by atoms with Crippen LogP contribution in [0.25, 0.3) is 11.4 Å². The van der Waals surface area contributed by atoms with E-state index < -0.39 is 11.7 Å². The normalized spacial score (nSPS) is 14.7. The lowest BCUT2D eigenvalue weighted by Crippen LogP contribution is -2.48. The first-order chi connectivity index (χ1) is 19.3. The Hall–Kier alpha value is -4.25. The van der Waals surface area contributed by atoms with Crippen molar-refractivity contribution in [3.63, 3.8) is 0 Å². The van der Waals surface area contributed by atoms with Crippen LogP contribution in [0.1, 0.15) is 35.4 Å². The largest absolute Gasteiger partial charge is 0.416 e. The van der Waals surface area contributed by atoms with Gasteiger partial charge in [0.1, 0.15) is 5.82 Å². The second kappa shape index (κ2) is 11.9. The quantitative estimate of drug-likeness (QED) is 0.300. The number of aromatic nitrogens is 4. The number of hydrogen-bond donors (Lipinski definition) is 2. The van der Waals surface area contributed by atoms with Crippen LogP contribution in [0, 0.1) is 6.92 Å². The van der Waals surface area contributed by atoms with Crippen molar-refractivity contribution in [3.8, 4) is 11.4 Å². The van der Waals surface area contributed by atoms with E-state index in [1.165, 1.54) is 24.5 Å². The molecule has 5 rings (SSSR count). The Morgan fingerprint density at radius 1 is 1.05 bits per heavy atom. The number of urea groups is 1. The lowest BCUT2D eigenvalue weighted by atomic mass is 10.0. The Bertz CT molecular complexity index is 1400. The third-order valence-electron chi connectivity index (χ3n) is 7.13. The molecule has 0 atom stereocenters. The van der Waals surface area contributed by atoms with Crippen LogP contribution in [0.5, 0.6) is 0 Å². The highest BCUT2D eigenvalue weighted by Crippen LogP contribution is 2.31. The van der Waals surface area contributed by atoms with Gasteiger partial charge in [0.15, 0.2) is 0 Å². The average Bonchev–Trinajstić information content (AvgIpc) is 3.32. The molecule has 0 spiro atoms. The molecule has 1 aliphatic heterocycles. The zero-order valence-electron chi connectivity index (χ0n) is 22.0. The van der Waals surface area contributed by atoms with Crippen LogP contribution >= 0.6 is 0 Å². The minimum atomic E-state index is -4.37. The Morgan fingerprint density at radius 3 is 2.42 bits per heavy atom. The highest BCUT2D eigenvalue weighted by molar-refractivity contribution is 5.89. The van der Waals surface area contributed by atoms with Crippen LogP contribution < -0.4 is 5.32 Å². The number of nitrogens with one attached hydrogen (secondary N) is 2. The van der Waals surface area contributed by atoms with Gasteiger partial charge in [-0.25, -0.2) is 9.78 Å². The summed E-state index contributed by atoms with van der Waals surface area (Å²) in [5.74, 6) is 0.549. The minimum Gasteiger partial charge on any atom is -0.342 e. The molecule has 4 aromatic rings. The number of H-pyrrole nitrogens is 1. The molecule has 2 aromatic heterocycles. The number of carbonyl (C=O) groups excluding carboxylic acids is 1. The predicted molar refractivity (Wildman–Crippen MR) is 145 cm³/mol. The number of halogens is 3. The van der Waals surface area contributed by atoms with Crippen LogP contribution in [-0.2, 0) is 19.3 Å². The van der Waals surface area contributed by atoms with Crippen LogP contribution in [-0.4, -0.2) is 55.1 Å². The SMILES string of the molecule is Cc1[nH]c(-c2ccc(C(F)(F)F)cc2)nc1CN1CCC(N(Cc2ccccc2)C(=O)Nc2ccnnc2)CC1. The Kier molecular flexibility index (Phi) is 8.11. The van der Waals surface area contributed by atoms with Gasteiger partial charge in [-0.2, -0.15) is 23.4 Å². The number of nitrogens with zero attached hydrogens (tertiary/aromatic N) is 5. The van der Waals surface area contributed by atoms with Crippen LogP contribution in [0.3, 0.4) is 0 Å². The number of aromatic amines is 1. The second-order valence-corrected chi connectivity index (χ2v) is 9.91. The van der Waals surface area contributed by atoms with E-state index in [9.17, 15) is 18.0 Å². The summed E-state index contributed by atoms with van der Waals surface area (Å²) in [6.07, 6.45) is 0.276. The van der Waals surface area contributed by atoms with E-state index in [0.717, 1.165) is 55.0 Å². The molecule has 0 bridgehead atoms. The van der Waals surface area contributed by atoms with Crippen LogP contribution in [0.4, 0.5) is 23.7 Å². The molecule has 11 heteroatoms. The molecule has 0 saturated carbocycles. The Balaban J connectivity index is 1.23. The van der Waals surface area contributed by atoms with E-state index in [0.29, 0.717) is 30.2 Å². The fourth-order valence-corrected chi connectivity index (χ4v) is 4.91. The zero-order chi connectivity index (χ0) is 28.1. The second-order valence-electron chi connectivity index (χ2n) is 9.91. The average molecular weight is 550 g/mol. The maximum Gasteiger partial charge on any atom is 0.416 e. The highest BCUT2D eigenvalue weighted by atomic mass is 19.4. The number of likely N-dealkylation sites (tertiary alicyclic amines) is 1. The number of piperidine rings is 1. The van der Waals surface area contributed by atoms with Crippen molar-refractivity contribution in [2.45, 2.75) is 45.1 Å². The van der Waals surface area contributed by atoms with Crippen molar-refractivity contribution in [2.75, 3.05) is 18.4 Å².